The van der Waals surface area contributed by atoms with E-state index in [4.69, 9.17) is 21.4 Å². The Morgan fingerprint density at radius 2 is 1.60 bits per heavy atom. The minimum atomic E-state index is -1.34. The van der Waals surface area contributed by atoms with Crippen molar-refractivity contribution in [2.45, 2.75) is 39.0 Å². The molecular weight excluding hydrogens is 466 g/mol. The summed E-state index contributed by atoms with van der Waals surface area (Å²) in [6, 6.07) is 20.0. The lowest BCUT2D eigenvalue weighted by Gasteiger charge is -2.12. The third-order valence-electron chi connectivity index (χ3n) is 5.49. The van der Waals surface area contributed by atoms with Crippen LogP contribution in [0.15, 0.2) is 66.7 Å². The molecule has 0 fully saturated rings. The zero-order valence-corrected chi connectivity index (χ0v) is 20.5. The van der Waals surface area contributed by atoms with E-state index in [1.807, 2.05) is 36.4 Å². The Bertz CT molecular complexity index is 1110. The summed E-state index contributed by atoms with van der Waals surface area (Å²) >= 11 is 6.12. The maximum absolute atomic E-state index is 12.8. The number of benzene rings is 3. The molecule has 3 aromatic rings. The summed E-state index contributed by atoms with van der Waals surface area (Å²) in [4.78, 5) is 23.4. The Labute approximate surface area is 210 Å². The summed E-state index contributed by atoms with van der Waals surface area (Å²) in [6.07, 6.45) is 3.73. The van der Waals surface area contributed by atoms with Gasteiger partial charge in [-0.05, 0) is 59.9 Å². The fourth-order valence-electron chi connectivity index (χ4n) is 3.61. The molecule has 7 heteroatoms. The van der Waals surface area contributed by atoms with E-state index in [0.717, 1.165) is 36.0 Å². The van der Waals surface area contributed by atoms with E-state index in [-0.39, 0.29) is 11.7 Å². The number of carbonyl (C=O) groups is 2. The smallest absolute Gasteiger partial charge is 0.493 e. The first-order chi connectivity index (χ1) is 17.0. The van der Waals surface area contributed by atoms with Crippen LogP contribution in [0.5, 0.6) is 11.5 Å². The van der Waals surface area contributed by atoms with Crippen molar-refractivity contribution in [2.24, 2.45) is 0 Å². The molecule has 184 valence electrons. The Hall–Kier alpha value is -3.51. The highest BCUT2D eigenvalue weighted by atomic mass is 35.5. The standard InChI is InChI=1S/C28H30ClNO5/c1-2-3-4-5-18-34-26-15-12-23(29)19-25(26)27(31)30-17-16-20-6-8-21(9-7-20)22-10-13-24(14-11-22)35-28(32)33/h6-15,19H,2-5,16-18H2,1H3,(H,30,31)(H,32,33). The molecule has 35 heavy (non-hydrogen) atoms. The number of carbonyl (C=O) groups excluding carboxylic acids is 1. The van der Waals surface area contributed by atoms with Crippen molar-refractivity contribution in [2.75, 3.05) is 13.2 Å². The molecule has 3 rings (SSSR count). The number of unbranched alkanes of at least 4 members (excludes halogenated alkanes) is 3. The highest BCUT2D eigenvalue weighted by molar-refractivity contribution is 6.31. The second kappa shape index (κ2) is 13.4. The largest absolute Gasteiger partial charge is 0.511 e. The predicted octanol–water partition coefficient (Wildman–Crippen LogP) is 7.00. The molecule has 0 radical (unpaired) electrons. The molecule has 0 saturated carbocycles. The molecule has 0 heterocycles. The zero-order chi connectivity index (χ0) is 25.0. The summed E-state index contributed by atoms with van der Waals surface area (Å²) in [7, 11) is 0. The lowest BCUT2D eigenvalue weighted by Crippen LogP contribution is -2.26. The SMILES string of the molecule is CCCCCCOc1ccc(Cl)cc1C(=O)NCCc1ccc(-c2ccc(OC(=O)O)cc2)cc1. The van der Waals surface area contributed by atoms with Gasteiger partial charge in [0.25, 0.3) is 5.91 Å². The van der Waals surface area contributed by atoms with Crippen molar-refractivity contribution in [3.05, 3.63) is 82.9 Å². The van der Waals surface area contributed by atoms with E-state index >= 15 is 0 Å². The number of rotatable bonds is 12. The van der Waals surface area contributed by atoms with Crippen molar-refractivity contribution >= 4 is 23.7 Å². The van der Waals surface area contributed by atoms with Crippen LogP contribution >= 0.6 is 11.6 Å². The molecule has 0 aliphatic heterocycles. The lowest BCUT2D eigenvalue weighted by molar-refractivity contribution is 0.0949. The van der Waals surface area contributed by atoms with Crippen molar-refractivity contribution < 1.29 is 24.2 Å². The van der Waals surface area contributed by atoms with E-state index in [9.17, 15) is 9.59 Å². The molecule has 3 aromatic carbocycles. The van der Waals surface area contributed by atoms with Gasteiger partial charge in [-0.2, -0.15) is 0 Å². The quantitative estimate of drug-likeness (QED) is 0.160. The minimum Gasteiger partial charge on any atom is -0.493 e. The van der Waals surface area contributed by atoms with Crippen molar-refractivity contribution in [3.63, 3.8) is 0 Å². The van der Waals surface area contributed by atoms with Gasteiger partial charge in [-0.3, -0.25) is 4.79 Å². The fraction of sp³-hybridized carbons (Fsp3) is 0.286. The molecule has 2 N–H and O–H groups in total. The fourth-order valence-corrected chi connectivity index (χ4v) is 3.78. The number of ether oxygens (including phenoxy) is 2. The van der Waals surface area contributed by atoms with Gasteiger partial charge in [0.1, 0.15) is 11.5 Å². The van der Waals surface area contributed by atoms with Gasteiger partial charge in [0.05, 0.1) is 12.2 Å². The highest BCUT2D eigenvalue weighted by Gasteiger charge is 2.13. The average Bonchev–Trinajstić information content (AvgIpc) is 2.85. The van der Waals surface area contributed by atoms with Gasteiger partial charge < -0.3 is 19.9 Å². The Balaban J connectivity index is 1.52. The van der Waals surface area contributed by atoms with Crippen molar-refractivity contribution in [1.82, 2.24) is 5.32 Å². The Morgan fingerprint density at radius 1 is 0.914 bits per heavy atom. The molecule has 1 amide bonds. The van der Waals surface area contributed by atoms with Crippen LogP contribution in [0.3, 0.4) is 0 Å². The highest BCUT2D eigenvalue weighted by Crippen LogP contribution is 2.24. The zero-order valence-electron chi connectivity index (χ0n) is 19.8. The monoisotopic (exact) mass is 495 g/mol. The third kappa shape index (κ3) is 8.34. The molecule has 0 atom stereocenters. The molecule has 6 nitrogen and oxygen atoms in total. The second-order valence-corrected chi connectivity index (χ2v) is 8.58. The van der Waals surface area contributed by atoms with Gasteiger partial charge in [-0.25, -0.2) is 4.79 Å². The van der Waals surface area contributed by atoms with E-state index in [2.05, 4.69) is 17.0 Å². The van der Waals surface area contributed by atoms with Gasteiger partial charge in [-0.1, -0.05) is 74.2 Å². The lowest BCUT2D eigenvalue weighted by atomic mass is 10.0. The molecule has 0 unspecified atom stereocenters. The van der Waals surface area contributed by atoms with E-state index in [1.54, 1.807) is 30.3 Å². The van der Waals surface area contributed by atoms with Crippen LogP contribution in [-0.2, 0) is 6.42 Å². The minimum absolute atomic E-state index is 0.212. The van der Waals surface area contributed by atoms with Crippen LogP contribution in [0, 0.1) is 0 Å². The summed E-state index contributed by atoms with van der Waals surface area (Å²) in [5, 5.41) is 12.1. The van der Waals surface area contributed by atoms with Crippen LogP contribution in [0.25, 0.3) is 11.1 Å². The van der Waals surface area contributed by atoms with Gasteiger partial charge in [0.2, 0.25) is 0 Å². The van der Waals surface area contributed by atoms with E-state index in [1.165, 1.54) is 6.42 Å². The van der Waals surface area contributed by atoms with Crippen LogP contribution < -0.4 is 14.8 Å². The van der Waals surface area contributed by atoms with Gasteiger partial charge in [0, 0.05) is 11.6 Å². The summed E-state index contributed by atoms with van der Waals surface area (Å²) in [5.41, 5.74) is 3.47. The summed E-state index contributed by atoms with van der Waals surface area (Å²) in [5.74, 6) is 0.613. The summed E-state index contributed by atoms with van der Waals surface area (Å²) < 4.78 is 10.5. The van der Waals surface area contributed by atoms with Gasteiger partial charge in [0.15, 0.2) is 0 Å². The number of hydrogen-bond donors (Lipinski definition) is 2. The third-order valence-corrected chi connectivity index (χ3v) is 5.72. The molecule has 0 aromatic heterocycles. The number of nitrogens with one attached hydrogen (secondary N) is 1. The van der Waals surface area contributed by atoms with Crippen LogP contribution in [0.2, 0.25) is 5.02 Å². The molecule has 0 saturated heterocycles. The molecule has 0 spiro atoms. The first-order valence-electron chi connectivity index (χ1n) is 11.8. The summed E-state index contributed by atoms with van der Waals surface area (Å²) in [6.45, 7) is 3.21. The number of halogens is 1. The average molecular weight is 496 g/mol. The van der Waals surface area contributed by atoms with Gasteiger partial charge >= 0.3 is 6.16 Å². The van der Waals surface area contributed by atoms with Crippen molar-refractivity contribution in [1.29, 1.82) is 0 Å². The maximum Gasteiger partial charge on any atom is 0.511 e. The van der Waals surface area contributed by atoms with Crippen LogP contribution in [0.1, 0.15) is 48.5 Å². The van der Waals surface area contributed by atoms with Crippen LogP contribution in [-0.4, -0.2) is 30.3 Å². The Morgan fingerprint density at radius 3 is 2.26 bits per heavy atom. The number of carboxylic acid groups (broad SMARTS) is 1. The van der Waals surface area contributed by atoms with E-state index in [0.29, 0.717) is 35.9 Å². The number of amides is 1. The Kier molecular flexibility index (Phi) is 9.99. The molecule has 0 aliphatic carbocycles. The first kappa shape index (κ1) is 26.1. The molecule has 0 aliphatic rings. The topological polar surface area (TPSA) is 84.9 Å². The second-order valence-electron chi connectivity index (χ2n) is 8.14. The number of hydrogen-bond acceptors (Lipinski definition) is 4. The molecular formula is C28H30ClNO5. The predicted molar refractivity (Wildman–Crippen MR) is 138 cm³/mol. The van der Waals surface area contributed by atoms with Gasteiger partial charge in [-0.15, -0.1) is 0 Å². The van der Waals surface area contributed by atoms with Crippen molar-refractivity contribution in [3.8, 4) is 22.6 Å². The first-order valence-corrected chi connectivity index (χ1v) is 12.1. The normalized spacial score (nSPS) is 10.6. The van der Waals surface area contributed by atoms with Crippen LogP contribution in [0.4, 0.5) is 4.79 Å². The molecule has 0 bridgehead atoms. The van der Waals surface area contributed by atoms with E-state index < -0.39 is 6.16 Å². The maximum atomic E-state index is 12.8.